The minimum atomic E-state index is -1.34. The van der Waals surface area contributed by atoms with Crippen LogP contribution in [0.4, 0.5) is 9.18 Å². The van der Waals surface area contributed by atoms with Crippen LogP contribution in [0.5, 0.6) is 0 Å². The summed E-state index contributed by atoms with van der Waals surface area (Å²) in [6.07, 6.45) is 0. The van der Waals surface area contributed by atoms with Crippen molar-refractivity contribution >= 4 is 17.8 Å². The Morgan fingerprint density at radius 1 is 1.24 bits per heavy atom. The number of halogens is 1. The van der Waals surface area contributed by atoms with E-state index in [0.29, 0.717) is 25.3 Å². The van der Waals surface area contributed by atoms with Crippen molar-refractivity contribution in [3.8, 4) is 0 Å². The summed E-state index contributed by atoms with van der Waals surface area (Å²) in [4.78, 5) is 40.8. The van der Waals surface area contributed by atoms with Crippen molar-refractivity contribution in [3.63, 3.8) is 0 Å². The highest BCUT2D eigenvalue weighted by Gasteiger charge is 2.49. The predicted octanol–water partition coefficient (Wildman–Crippen LogP) is 0.820. The third-order valence-electron chi connectivity index (χ3n) is 5.58. The average molecular weight is 406 g/mol. The fourth-order valence-corrected chi connectivity index (χ4v) is 3.61. The maximum atomic E-state index is 13.2. The quantitative estimate of drug-likeness (QED) is 0.683. The lowest BCUT2D eigenvalue weighted by atomic mass is 9.92. The standard InChI is InChI=1S/C20H27FN4O4/c1-19(2,24-8-10-29-11-9-24)13-22-16(26)12-25-17(27)20(3,23-18(25)28)14-4-6-15(21)7-5-14/h4-7H,8-13H2,1-3H3,(H,22,26)(H,23,28). The molecule has 2 saturated heterocycles. The Labute approximate surface area is 169 Å². The van der Waals surface area contributed by atoms with Gasteiger partial charge in [0.2, 0.25) is 5.91 Å². The van der Waals surface area contributed by atoms with E-state index >= 15 is 0 Å². The van der Waals surface area contributed by atoms with Gasteiger partial charge in [-0.05, 0) is 38.5 Å². The molecule has 1 unspecified atom stereocenters. The summed E-state index contributed by atoms with van der Waals surface area (Å²) < 4.78 is 18.5. The Morgan fingerprint density at radius 2 is 1.86 bits per heavy atom. The summed E-state index contributed by atoms with van der Waals surface area (Å²) in [7, 11) is 0. The number of carbonyl (C=O) groups is 3. The third-order valence-corrected chi connectivity index (χ3v) is 5.58. The highest BCUT2D eigenvalue weighted by molar-refractivity contribution is 6.09. The molecule has 2 heterocycles. The molecule has 3 rings (SSSR count). The zero-order valence-electron chi connectivity index (χ0n) is 17.0. The molecule has 0 spiro atoms. The summed E-state index contributed by atoms with van der Waals surface area (Å²) in [5.74, 6) is -1.40. The highest BCUT2D eigenvalue weighted by Crippen LogP contribution is 2.28. The van der Waals surface area contributed by atoms with Gasteiger partial charge in [0.15, 0.2) is 0 Å². The Balaban J connectivity index is 1.61. The van der Waals surface area contributed by atoms with Gasteiger partial charge in [-0.2, -0.15) is 0 Å². The van der Waals surface area contributed by atoms with Gasteiger partial charge in [-0.3, -0.25) is 19.4 Å². The molecule has 2 aliphatic heterocycles. The topological polar surface area (TPSA) is 91.0 Å². The molecule has 0 aliphatic carbocycles. The summed E-state index contributed by atoms with van der Waals surface area (Å²) in [6, 6.07) is 4.69. The monoisotopic (exact) mass is 406 g/mol. The van der Waals surface area contributed by atoms with Crippen LogP contribution < -0.4 is 10.6 Å². The summed E-state index contributed by atoms with van der Waals surface area (Å²) in [6.45, 7) is 8.47. The molecule has 1 aromatic carbocycles. The van der Waals surface area contributed by atoms with Crippen molar-refractivity contribution in [1.82, 2.24) is 20.4 Å². The minimum Gasteiger partial charge on any atom is -0.379 e. The first-order valence-electron chi connectivity index (χ1n) is 9.63. The highest BCUT2D eigenvalue weighted by atomic mass is 19.1. The van der Waals surface area contributed by atoms with Crippen molar-refractivity contribution in [2.45, 2.75) is 31.8 Å². The largest absolute Gasteiger partial charge is 0.379 e. The molecule has 8 nitrogen and oxygen atoms in total. The van der Waals surface area contributed by atoms with Crippen LogP contribution in [0.15, 0.2) is 24.3 Å². The zero-order valence-corrected chi connectivity index (χ0v) is 17.0. The summed E-state index contributed by atoms with van der Waals surface area (Å²) in [5, 5.41) is 5.43. The Kier molecular flexibility index (Phi) is 5.90. The maximum absolute atomic E-state index is 13.2. The van der Waals surface area contributed by atoms with Crippen LogP contribution in [-0.4, -0.2) is 72.6 Å². The second kappa shape index (κ2) is 8.08. The van der Waals surface area contributed by atoms with Crippen LogP contribution in [0.2, 0.25) is 0 Å². The van der Waals surface area contributed by atoms with Gasteiger partial charge in [-0.1, -0.05) is 12.1 Å². The Hall–Kier alpha value is -2.52. The fraction of sp³-hybridized carbons (Fsp3) is 0.550. The second-order valence-electron chi connectivity index (χ2n) is 8.14. The first-order chi connectivity index (χ1) is 13.6. The molecule has 9 heteroatoms. The lowest BCUT2D eigenvalue weighted by molar-refractivity contribution is -0.135. The molecule has 2 fully saturated rings. The van der Waals surface area contributed by atoms with Crippen molar-refractivity contribution in [2.24, 2.45) is 0 Å². The van der Waals surface area contributed by atoms with Gasteiger partial charge in [0.25, 0.3) is 5.91 Å². The zero-order chi connectivity index (χ0) is 21.2. The number of carbonyl (C=O) groups excluding carboxylic acids is 3. The van der Waals surface area contributed by atoms with E-state index in [1.165, 1.54) is 24.3 Å². The van der Waals surface area contributed by atoms with Crippen LogP contribution in [0.25, 0.3) is 0 Å². The lowest BCUT2D eigenvalue weighted by Gasteiger charge is -2.40. The molecule has 0 radical (unpaired) electrons. The van der Waals surface area contributed by atoms with E-state index in [1.54, 1.807) is 6.92 Å². The summed E-state index contributed by atoms with van der Waals surface area (Å²) in [5.41, 5.74) is -1.16. The molecule has 2 N–H and O–H groups in total. The van der Waals surface area contributed by atoms with Crippen LogP contribution >= 0.6 is 0 Å². The first kappa shape index (κ1) is 21.2. The number of ether oxygens (including phenoxy) is 1. The van der Waals surface area contributed by atoms with Gasteiger partial charge in [-0.25, -0.2) is 9.18 Å². The number of amides is 4. The number of hydrogen-bond acceptors (Lipinski definition) is 5. The molecule has 0 saturated carbocycles. The number of hydrogen-bond donors (Lipinski definition) is 2. The predicted molar refractivity (Wildman–Crippen MR) is 103 cm³/mol. The minimum absolute atomic E-state index is 0.278. The van der Waals surface area contributed by atoms with Crippen LogP contribution in [0.1, 0.15) is 26.3 Å². The fourth-order valence-electron chi connectivity index (χ4n) is 3.61. The molecule has 0 bridgehead atoms. The first-order valence-corrected chi connectivity index (χ1v) is 9.63. The number of rotatable bonds is 6. The van der Waals surface area contributed by atoms with E-state index in [4.69, 9.17) is 4.74 Å². The normalized spacial score (nSPS) is 23.2. The van der Waals surface area contributed by atoms with Crippen molar-refractivity contribution in [1.29, 1.82) is 0 Å². The van der Waals surface area contributed by atoms with Crippen molar-refractivity contribution in [3.05, 3.63) is 35.6 Å². The van der Waals surface area contributed by atoms with Crippen molar-refractivity contribution in [2.75, 3.05) is 39.4 Å². The van der Waals surface area contributed by atoms with Crippen LogP contribution in [0.3, 0.4) is 0 Å². The van der Waals surface area contributed by atoms with Gasteiger partial charge in [-0.15, -0.1) is 0 Å². The molecule has 2 aliphatic rings. The lowest BCUT2D eigenvalue weighted by Crippen LogP contribution is -2.56. The number of nitrogens with zero attached hydrogens (tertiary/aromatic N) is 2. The molecule has 158 valence electrons. The van der Waals surface area contributed by atoms with Gasteiger partial charge >= 0.3 is 6.03 Å². The van der Waals surface area contributed by atoms with E-state index in [9.17, 15) is 18.8 Å². The van der Waals surface area contributed by atoms with Crippen molar-refractivity contribution < 1.29 is 23.5 Å². The van der Waals surface area contributed by atoms with E-state index in [2.05, 4.69) is 15.5 Å². The molecule has 0 aromatic heterocycles. The molecule has 1 aromatic rings. The molecule has 1 atom stereocenters. The van der Waals surface area contributed by atoms with Gasteiger partial charge in [0.05, 0.1) is 13.2 Å². The number of urea groups is 1. The molecule has 4 amide bonds. The van der Waals surface area contributed by atoms with E-state index in [0.717, 1.165) is 18.0 Å². The number of nitrogens with one attached hydrogen (secondary N) is 2. The van der Waals surface area contributed by atoms with E-state index in [-0.39, 0.29) is 12.1 Å². The van der Waals surface area contributed by atoms with Crippen LogP contribution in [0, 0.1) is 5.82 Å². The van der Waals surface area contributed by atoms with Gasteiger partial charge in [0.1, 0.15) is 17.9 Å². The van der Waals surface area contributed by atoms with Gasteiger partial charge in [0, 0.05) is 25.2 Å². The molecule has 29 heavy (non-hydrogen) atoms. The number of imide groups is 1. The molecular formula is C20H27FN4O4. The Bertz CT molecular complexity index is 792. The smallest absolute Gasteiger partial charge is 0.325 e. The maximum Gasteiger partial charge on any atom is 0.325 e. The van der Waals surface area contributed by atoms with Crippen LogP contribution in [-0.2, 0) is 19.9 Å². The number of benzene rings is 1. The van der Waals surface area contributed by atoms with E-state index in [1.807, 2.05) is 13.8 Å². The Morgan fingerprint density at radius 3 is 2.48 bits per heavy atom. The second-order valence-corrected chi connectivity index (χ2v) is 8.14. The average Bonchev–Trinajstić information content (AvgIpc) is 2.91. The SMILES string of the molecule is CC1(c2ccc(F)cc2)NC(=O)N(CC(=O)NCC(C)(C)N2CCOCC2)C1=O. The molecular weight excluding hydrogens is 379 g/mol. The summed E-state index contributed by atoms with van der Waals surface area (Å²) >= 11 is 0. The van der Waals surface area contributed by atoms with Gasteiger partial charge < -0.3 is 15.4 Å². The third kappa shape index (κ3) is 4.40. The van der Waals surface area contributed by atoms with E-state index < -0.39 is 29.2 Å². The number of morpholine rings is 1.